The van der Waals surface area contributed by atoms with Crippen molar-refractivity contribution in [2.75, 3.05) is 19.6 Å². The summed E-state index contributed by atoms with van der Waals surface area (Å²) in [6, 6.07) is -0.632. The summed E-state index contributed by atoms with van der Waals surface area (Å²) in [7, 11) is 0. The highest BCUT2D eigenvalue weighted by Crippen LogP contribution is 2.34. The van der Waals surface area contributed by atoms with Crippen LogP contribution in [0.2, 0.25) is 0 Å². The highest BCUT2D eigenvalue weighted by atomic mass is 16.4. The number of piperidine rings is 2. The summed E-state index contributed by atoms with van der Waals surface area (Å²) in [5.74, 6) is -0.379. The van der Waals surface area contributed by atoms with Gasteiger partial charge in [0.15, 0.2) is 0 Å². The van der Waals surface area contributed by atoms with Crippen LogP contribution in [0.4, 0.5) is 0 Å². The Labute approximate surface area is 120 Å². The van der Waals surface area contributed by atoms with Gasteiger partial charge in [0, 0.05) is 12.0 Å². The normalized spacial score (nSPS) is 30.0. The van der Waals surface area contributed by atoms with E-state index in [1.165, 1.54) is 0 Å². The third kappa shape index (κ3) is 2.97. The van der Waals surface area contributed by atoms with Crippen LogP contribution in [0.3, 0.4) is 0 Å². The first-order valence-corrected chi connectivity index (χ1v) is 7.72. The molecule has 2 fully saturated rings. The lowest BCUT2D eigenvalue weighted by atomic mass is 9.78. The molecular formula is C15H26N2O3. The second-order valence-corrected chi connectivity index (χ2v) is 6.46. The number of carbonyl (C=O) groups is 2. The molecule has 0 saturated carbocycles. The summed E-state index contributed by atoms with van der Waals surface area (Å²) in [5.41, 5.74) is -0.391. The molecule has 5 nitrogen and oxygen atoms in total. The Kier molecular flexibility index (Phi) is 4.68. The number of likely N-dealkylation sites (tertiary alicyclic amines) is 1. The second-order valence-electron chi connectivity index (χ2n) is 6.46. The number of carboxylic acid groups (broad SMARTS) is 1. The van der Waals surface area contributed by atoms with E-state index in [4.69, 9.17) is 0 Å². The van der Waals surface area contributed by atoms with E-state index in [9.17, 15) is 14.7 Å². The molecule has 0 aliphatic carbocycles. The van der Waals surface area contributed by atoms with Gasteiger partial charge in [0.25, 0.3) is 0 Å². The standard InChI is InChI=1S/C15H26N2O3/c1-3-11-4-9-17(12(10-11)13(18)19)14(20)15(2)5-7-16-8-6-15/h11-12,16H,3-10H2,1-2H3,(H,18,19). The van der Waals surface area contributed by atoms with Gasteiger partial charge in [-0.25, -0.2) is 4.79 Å². The number of hydrogen-bond acceptors (Lipinski definition) is 3. The largest absolute Gasteiger partial charge is 0.480 e. The lowest BCUT2D eigenvalue weighted by molar-refractivity contribution is -0.159. The number of nitrogens with zero attached hydrogens (tertiary/aromatic N) is 1. The van der Waals surface area contributed by atoms with Crippen LogP contribution in [0.1, 0.15) is 46.0 Å². The zero-order valence-corrected chi connectivity index (χ0v) is 12.5. The zero-order chi connectivity index (χ0) is 14.8. The number of nitrogens with one attached hydrogen (secondary N) is 1. The van der Waals surface area contributed by atoms with E-state index < -0.39 is 17.4 Å². The van der Waals surface area contributed by atoms with Crippen LogP contribution in [0.25, 0.3) is 0 Å². The van der Waals surface area contributed by atoms with Gasteiger partial charge in [-0.05, 0) is 44.7 Å². The summed E-state index contributed by atoms with van der Waals surface area (Å²) >= 11 is 0. The van der Waals surface area contributed by atoms with E-state index >= 15 is 0 Å². The molecule has 0 bridgehead atoms. The van der Waals surface area contributed by atoms with Crippen molar-refractivity contribution in [1.82, 2.24) is 10.2 Å². The molecule has 2 unspecified atom stereocenters. The van der Waals surface area contributed by atoms with E-state index in [2.05, 4.69) is 12.2 Å². The minimum atomic E-state index is -0.853. The monoisotopic (exact) mass is 282 g/mol. The van der Waals surface area contributed by atoms with Crippen LogP contribution in [-0.2, 0) is 9.59 Å². The van der Waals surface area contributed by atoms with Gasteiger partial charge in [0.1, 0.15) is 6.04 Å². The van der Waals surface area contributed by atoms with Gasteiger partial charge in [0.05, 0.1) is 0 Å². The number of carbonyl (C=O) groups excluding carboxylic acids is 1. The van der Waals surface area contributed by atoms with E-state index in [0.717, 1.165) is 38.8 Å². The highest BCUT2D eigenvalue weighted by molar-refractivity contribution is 5.87. The molecule has 2 saturated heterocycles. The number of hydrogen-bond donors (Lipinski definition) is 2. The third-order valence-corrected chi connectivity index (χ3v) is 5.06. The Balaban J connectivity index is 2.12. The van der Waals surface area contributed by atoms with Crippen molar-refractivity contribution < 1.29 is 14.7 Å². The van der Waals surface area contributed by atoms with Gasteiger partial charge in [-0.2, -0.15) is 0 Å². The molecule has 114 valence electrons. The summed E-state index contributed by atoms with van der Waals surface area (Å²) in [6.07, 6.45) is 4.12. The maximum atomic E-state index is 12.8. The Hall–Kier alpha value is -1.10. The molecule has 2 N–H and O–H groups in total. The first-order valence-electron chi connectivity index (χ1n) is 7.72. The molecule has 2 aliphatic heterocycles. The van der Waals surface area contributed by atoms with E-state index in [1.54, 1.807) is 4.90 Å². The molecule has 2 heterocycles. The minimum absolute atomic E-state index is 0.0425. The predicted octanol–water partition coefficient (Wildman–Crippen LogP) is 1.48. The van der Waals surface area contributed by atoms with Crippen LogP contribution in [0.5, 0.6) is 0 Å². The summed E-state index contributed by atoms with van der Waals surface area (Å²) in [4.78, 5) is 26.0. The first-order chi connectivity index (χ1) is 9.48. The Morgan fingerprint density at radius 2 is 2.00 bits per heavy atom. The Bertz CT molecular complexity index is 377. The quantitative estimate of drug-likeness (QED) is 0.822. The van der Waals surface area contributed by atoms with Crippen molar-refractivity contribution in [2.24, 2.45) is 11.3 Å². The Morgan fingerprint density at radius 1 is 1.35 bits per heavy atom. The first kappa shape index (κ1) is 15.3. The lowest BCUT2D eigenvalue weighted by Gasteiger charge is -2.43. The van der Waals surface area contributed by atoms with Crippen molar-refractivity contribution in [2.45, 2.75) is 52.0 Å². The molecular weight excluding hydrogens is 256 g/mol. The van der Waals surface area contributed by atoms with Gasteiger partial charge in [0.2, 0.25) is 5.91 Å². The molecule has 2 aliphatic rings. The van der Waals surface area contributed by atoms with Crippen LogP contribution in [-0.4, -0.2) is 47.6 Å². The maximum absolute atomic E-state index is 12.8. The lowest BCUT2D eigenvalue weighted by Crippen LogP contribution is -2.56. The smallest absolute Gasteiger partial charge is 0.326 e. The SMILES string of the molecule is CCC1CCN(C(=O)C2(C)CCNCC2)C(C(=O)O)C1. The van der Waals surface area contributed by atoms with Gasteiger partial charge < -0.3 is 15.3 Å². The molecule has 2 atom stereocenters. The molecule has 0 aromatic carbocycles. The Morgan fingerprint density at radius 3 is 2.55 bits per heavy atom. The van der Waals surface area contributed by atoms with E-state index in [0.29, 0.717) is 18.9 Å². The topological polar surface area (TPSA) is 69.6 Å². The van der Waals surface area contributed by atoms with Gasteiger partial charge in [-0.15, -0.1) is 0 Å². The van der Waals surface area contributed by atoms with Crippen molar-refractivity contribution >= 4 is 11.9 Å². The zero-order valence-electron chi connectivity index (χ0n) is 12.5. The molecule has 2 rings (SSSR count). The average molecular weight is 282 g/mol. The number of amides is 1. The second kappa shape index (κ2) is 6.12. The van der Waals surface area contributed by atoms with Crippen LogP contribution < -0.4 is 5.32 Å². The number of carboxylic acids is 1. The molecule has 0 spiro atoms. The fraction of sp³-hybridized carbons (Fsp3) is 0.867. The molecule has 1 amide bonds. The molecule has 0 aromatic rings. The third-order valence-electron chi connectivity index (χ3n) is 5.06. The van der Waals surface area contributed by atoms with Crippen molar-refractivity contribution in [3.05, 3.63) is 0 Å². The van der Waals surface area contributed by atoms with Crippen molar-refractivity contribution in [3.63, 3.8) is 0 Å². The van der Waals surface area contributed by atoms with Crippen molar-refractivity contribution in [3.8, 4) is 0 Å². The van der Waals surface area contributed by atoms with E-state index in [-0.39, 0.29) is 5.91 Å². The fourth-order valence-electron chi connectivity index (χ4n) is 3.43. The van der Waals surface area contributed by atoms with E-state index in [1.807, 2.05) is 6.92 Å². The van der Waals surface area contributed by atoms with Crippen LogP contribution >= 0.6 is 0 Å². The average Bonchev–Trinajstić information content (AvgIpc) is 2.46. The molecule has 0 aromatic heterocycles. The number of rotatable bonds is 3. The number of aliphatic carboxylic acids is 1. The summed E-state index contributed by atoms with van der Waals surface area (Å²) in [5, 5.41) is 12.7. The molecule has 0 radical (unpaired) electrons. The summed E-state index contributed by atoms with van der Waals surface area (Å²) in [6.45, 7) is 6.35. The van der Waals surface area contributed by atoms with Gasteiger partial charge in [-0.1, -0.05) is 20.3 Å². The highest BCUT2D eigenvalue weighted by Gasteiger charge is 2.43. The van der Waals surface area contributed by atoms with Crippen LogP contribution in [0.15, 0.2) is 0 Å². The summed E-state index contributed by atoms with van der Waals surface area (Å²) < 4.78 is 0. The van der Waals surface area contributed by atoms with Gasteiger partial charge in [-0.3, -0.25) is 4.79 Å². The molecule has 5 heteroatoms. The van der Waals surface area contributed by atoms with Crippen LogP contribution in [0, 0.1) is 11.3 Å². The van der Waals surface area contributed by atoms with Gasteiger partial charge >= 0.3 is 5.97 Å². The minimum Gasteiger partial charge on any atom is -0.480 e. The predicted molar refractivity (Wildman–Crippen MR) is 76.4 cm³/mol. The molecule has 20 heavy (non-hydrogen) atoms. The van der Waals surface area contributed by atoms with Crippen molar-refractivity contribution in [1.29, 1.82) is 0 Å². The maximum Gasteiger partial charge on any atom is 0.326 e. The fourth-order valence-corrected chi connectivity index (χ4v) is 3.43.